The lowest BCUT2D eigenvalue weighted by atomic mass is 10.1. The molecule has 24 heavy (non-hydrogen) atoms. The van der Waals surface area contributed by atoms with Gasteiger partial charge in [0.15, 0.2) is 10.9 Å². The summed E-state index contributed by atoms with van der Waals surface area (Å²) in [7, 11) is 0. The molecule has 3 aromatic carbocycles. The summed E-state index contributed by atoms with van der Waals surface area (Å²) in [5, 5.41) is 5.01. The minimum atomic E-state index is 0.104. The molecular formula is C20H14O2S2. The SMILES string of the molecule is CCc1cc2c(=O)c3cc4c(cc3c2s1)c(=O)c1cc(CC)sc14. The van der Waals surface area contributed by atoms with Crippen molar-refractivity contribution in [3.63, 3.8) is 0 Å². The topological polar surface area (TPSA) is 34.1 Å². The van der Waals surface area contributed by atoms with E-state index >= 15 is 0 Å². The molecule has 0 N–H and O–H groups in total. The molecule has 2 aromatic heterocycles. The molecule has 5 aromatic rings. The number of hydrogen-bond acceptors (Lipinski definition) is 4. The lowest BCUT2D eigenvalue weighted by molar-refractivity contribution is 1.19. The minimum Gasteiger partial charge on any atom is -0.289 e. The highest BCUT2D eigenvalue weighted by atomic mass is 32.1. The van der Waals surface area contributed by atoms with Crippen LogP contribution in [0, 0.1) is 0 Å². The van der Waals surface area contributed by atoms with Crippen molar-refractivity contribution in [2.24, 2.45) is 0 Å². The molecule has 4 heteroatoms. The molecule has 2 nitrogen and oxygen atoms in total. The van der Waals surface area contributed by atoms with E-state index in [0.717, 1.165) is 54.6 Å². The van der Waals surface area contributed by atoms with E-state index in [2.05, 4.69) is 13.8 Å². The summed E-state index contributed by atoms with van der Waals surface area (Å²) in [5.74, 6) is 0. The molecular weight excluding hydrogens is 336 g/mol. The van der Waals surface area contributed by atoms with Gasteiger partial charge in [-0.05, 0) is 37.1 Å². The molecule has 0 saturated carbocycles. The van der Waals surface area contributed by atoms with Gasteiger partial charge in [0.25, 0.3) is 0 Å². The Morgan fingerprint density at radius 2 is 1.04 bits per heavy atom. The standard InChI is InChI=1S/C20H14O2S2/c1-3-9-5-15-17(21)11-8-14-12(7-13(11)19(15)23-9)18(22)16-6-10(4-2)24-20(14)16/h5-8H,3-4H2,1-2H3. The van der Waals surface area contributed by atoms with Crippen LogP contribution in [0.25, 0.3) is 41.7 Å². The van der Waals surface area contributed by atoms with Gasteiger partial charge in [0.1, 0.15) is 0 Å². The van der Waals surface area contributed by atoms with Crippen LogP contribution in [0.5, 0.6) is 0 Å². The van der Waals surface area contributed by atoms with Crippen LogP contribution in [0.3, 0.4) is 0 Å². The maximum atomic E-state index is 12.8. The molecule has 118 valence electrons. The molecule has 0 aliphatic rings. The molecule has 0 unspecified atom stereocenters. The van der Waals surface area contributed by atoms with E-state index < -0.39 is 0 Å². The Balaban J connectivity index is 1.99. The van der Waals surface area contributed by atoms with Gasteiger partial charge in [-0.3, -0.25) is 9.59 Å². The lowest BCUT2D eigenvalue weighted by Crippen LogP contribution is -1.95. The van der Waals surface area contributed by atoms with Gasteiger partial charge in [-0.25, -0.2) is 0 Å². The Hall–Kier alpha value is -2.04. The second kappa shape index (κ2) is 4.74. The third-order valence-electron chi connectivity index (χ3n) is 4.89. The molecule has 0 bridgehead atoms. The van der Waals surface area contributed by atoms with Crippen LogP contribution in [-0.4, -0.2) is 0 Å². The average molecular weight is 350 g/mol. The van der Waals surface area contributed by atoms with E-state index in [1.54, 1.807) is 22.7 Å². The van der Waals surface area contributed by atoms with Gasteiger partial charge >= 0.3 is 0 Å². The third kappa shape index (κ3) is 1.65. The molecule has 0 amide bonds. The van der Waals surface area contributed by atoms with Gasteiger partial charge < -0.3 is 0 Å². The molecule has 0 spiro atoms. The van der Waals surface area contributed by atoms with Crippen molar-refractivity contribution in [1.29, 1.82) is 0 Å². The van der Waals surface area contributed by atoms with Crippen LogP contribution in [0.2, 0.25) is 0 Å². The van der Waals surface area contributed by atoms with Crippen molar-refractivity contribution in [2.75, 3.05) is 0 Å². The van der Waals surface area contributed by atoms with Crippen LogP contribution in [0.1, 0.15) is 23.6 Å². The zero-order chi connectivity index (χ0) is 16.6. The zero-order valence-corrected chi connectivity index (χ0v) is 15.0. The fraction of sp³-hybridized carbons (Fsp3) is 0.200. The van der Waals surface area contributed by atoms with Crippen molar-refractivity contribution < 1.29 is 0 Å². The van der Waals surface area contributed by atoms with E-state index in [4.69, 9.17) is 0 Å². The minimum absolute atomic E-state index is 0.104. The Labute approximate surface area is 145 Å². The molecule has 0 fully saturated rings. The summed E-state index contributed by atoms with van der Waals surface area (Å²) in [5.41, 5.74) is 0.207. The highest BCUT2D eigenvalue weighted by molar-refractivity contribution is 7.20. The number of hydrogen-bond donors (Lipinski definition) is 0. The number of rotatable bonds is 2. The molecule has 0 aliphatic heterocycles. The Morgan fingerprint density at radius 1 is 0.625 bits per heavy atom. The van der Waals surface area contributed by atoms with Gasteiger partial charge in [0, 0.05) is 51.5 Å². The summed E-state index contributed by atoms with van der Waals surface area (Å²) in [6, 6.07) is 7.93. The lowest BCUT2D eigenvalue weighted by Gasteiger charge is -1.94. The van der Waals surface area contributed by atoms with E-state index in [9.17, 15) is 9.59 Å². The maximum absolute atomic E-state index is 12.8. The van der Waals surface area contributed by atoms with Crippen LogP contribution in [0.15, 0.2) is 33.9 Å². The fourth-order valence-corrected chi connectivity index (χ4v) is 5.86. The van der Waals surface area contributed by atoms with Gasteiger partial charge in [0.05, 0.1) is 0 Å². The van der Waals surface area contributed by atoms with Crippen LogP contribution < -0.4 is 10.9 Å². The summed E-state index contributed by atoms with van der Waals surface area (Å²) in [4.78, 5) is 28.0. The first-order valence-electron chi connectivity index (χ1n) is 8.16. The monoisotopic (exact) mass is 350 g/mol. The fourth-order valence-electron chi connectivity index (χ4n) is 3.61. The van der Waals surface area contributed by atoms with E-state index in [1.165, 1.54) is 9.75 Å². The molecule has 2 heterocycles. The van der Waals surface area contributed by atoms with Crippen molar-refractivity contribution in [1.82, 2.24) is 0 Å². The van der Waals surface area contributed by atoms with E-state index in [-0.39, 0.29) is 10.9 Å². The predicted molar refractivity (Wildman–Crippen MR) is 106 cm³/mol. The number of aryl methyl sites for hydroxylation is 2. The molecule has 0 aliphatic carbocycles. The first-order valence-corrected chi connectivity index (χ1v) is 9.79. The summed E-state index contributed by atoms with van der Waals surface area (Å²) in [6.45, 7) is 4.20. The second-order valence-corrected chi connectivity index (χ2v) is 8.49. The maximum Gasteiger partial charge on any atom is 0.195 e. The van der Waals surface area contributed by atoms with Gasteiger partial charge in [-0.1, -0.05) is 13.8 Å². The van der Waals surface area contributed by atoms with Gasteiger partial charge in [-0.2, -0.15) is 0 Å². The van der Waals surface area contributed by atoms with Gasteiger partial charge in [-0.15, -0.1) is 22.7 Å². The molecule has 0 atom stereocenters. The Kier molecular flexibility index (Phi) is 2.83. The molecule has 0 radical (unpaired) electrons. The highest BCUT2D eigenvalue weighted by Gasteiger charge is 2.19. The van der Waals surface area contributed by atoms with Crippen molar-refractivity contribution in [3.05, 3.63) is 54.5 Å². The molecule has 0 saturated heterocycles. The Morgan fingerprint density at radius 3 is 1.42 bits per heavy atom. The second-order valence-electron chi connectivity index (χ2n) is 6.22. The largest absolute Gasteiger partial charge is 0.289 e. The highest BCUT2D eigenvalue weighted by Crippen LogP contribution is 2.38. The summed E-state index contributed by atoms with van der Waals surface area (Å²) in [6.07, 6.45) is 1.86. The summed E-state index contributed by atoms with van der Waals surface area (Å²) >= 11 is 3.36. The van der Waals surface area contributed by atoms with E-state index in [0.29, 0.717) is 0 Å². The van der Waals surface area contributed by atoms with Crippen LogP contribution in [0.4, 0.5) is 0 Å². The first kappa shape index (κ1) is 14.3. The predicted octanol–water partition coefficient (Wildman–Crippen LogP) is 5.14. The average Bonchev–Trinajstić information content (AvgIpc) is 3.31. The quantitative estimate of drug-likeness (QED) is 0.441. The smallest absolute Gasteiger partial charge is 0.195 e. The van der Waals surface area contributed by atoms with Crippen LogP contribution >= 0.6 is 22.7 Å². The van der Waals surface area contributed by atoms with Crippen molar-refractivity contribution in [2.45, 2.75) is 26.7 Å². The number of thiophene rings is 2. The normalized spacial score (nSPS) is 12.4. The van der Waals surface area contributed by atoms with Crippen molar-refractivity contribution in [3.8, 4) is 0 Å². The number of fused-ring (bicyclic) bond motifs is 6. The number of benzene rings is 1. The van der Waals surface area contributed by atoms with Crippen LogP contribution in [-0.2, 0) is 12.8 Å². The summed E-state index contributed by atoms with van der Waals surface area (Å²) < 4.78 is 2.07. The Bertz CT molecular complexity index is 1250. The van der Waals surface area contributed by atoms with Gasteiger partial charge in [0.2, 0.25) is 0 Å². The van der Waals surface area contributed by atoms with Crippen molar-refractivity contribution >= 4 is 64.4 Å². The molecule has 5 rings (SSSR count). The zero-order valence-electron chi connectivity index (χ0n) is 13.4. The first-order chi connectivity index (χ1) is 11.6. The van der Waals surface area contributed by atoms with E-state index in [1.807, 2.05) is 24.3 Å². The third-order valence-corrected chi connectivity index (χ3v) is 7.51.